The van der Waals surface area contributed by atoms with Crippen molar-refractivity contribution in [1.82, 2.24) is 4.90 Å². The zero-order valence-corrected chi connectivity index (χ0v) is 14.3. The van der Waals surface area contributed by atoms with Gasteiger partial charge in [-0.15, -0.1) is 0 Å². The molecule has 0 aromatic heterocycles. The molecule has 2 rings (SSSR count). The van der Waals surface area contributed by atoms with Gasteiger partial charge in [0.05, 0.1) is 12.2 Å². The quantitative estimate of drug-likeness (QED) is 0.533. The van der Waals surface area contributed by atoms with Crippen molar-refractivity contribution < 1.29 is 19.1 Å². The Morgan fingerprint density at radius 1 is 1.35 bits per heavy atom. The van der Waals surface area contributed by atoms with Crippen LogP contribution in [0.5, 0.6) is 0 Å². The number of esters is 2. The first-order valence-corrected chi connectivity index (χ1v) is 8.53. The Morgan fingerprint density at radius 2 is 2.13 bits per heavy atom. The van der Waals surface area contributed by atoms with E-state index in [1.165, 1.54) is 0 Å². The summed E-state index contributed by atoms with van der Waals surface area (Å²) in [5, 5.41) is 0. The lowest BCUT2D eigenvalue weighted by atomic mass is 9.92. The Balaban J connectivity index is 1.88. The number of fused-ring (bicyclic) bond motifs is 1. The summed E-state index contributed by atoms with van der Waals surface area (Å²) < 4.78 is 10.6. The van der Waals surface area contributed by atoms with Gasteiger partial charge in [-0.05, 0) is 31.6 Å². The van der Waals surface area contributed by atoms with Crippen LogP contribution in [-0.2, 0) is 19.1 Å². The van der Waals surface area contributed by atoms with Crippen LogP contribution in [0.15, 0.2) is 23.4 Å². The van der Waals surface area contributed by atoms with Crippen LogP contribution in [0.1, 0.15) is 46.5 Å². The summed E-state index contributed by atoms with van der Waals surface area (Å²) in [6, 6.07) is 0.490. The molecule has 2 heterocycles. The predicted octanol–water partition coefficient (Wildman–Crippen LogP) is 2.82. The highest BCUT2D eigenvalue weighted by atomic mass is 16.5. The van der Waals surface area contributed by atoms with Crippen molar-refractivity contribution in [3.8, 4) is 0 Å². The molecule has 1 atom stereocenters. The summed E-state index contributed by atoms with van der Waals surface area (Å²) in [5.41, 5.74) is 1.07. The van der Waals surface area contributed by atoms with Crippen molar-refractivity contribution >= 4 is 11.9 Å². The van der Waals surface area contributed by atoms with Gasteiger partial charge in [0.25, 0.3) is 0 Å². The lowest BCUT2D eigenvalue weighted by molar-refractivity contribution is -0.144. The molecule has 0 N–H and O–H groups in total. The maximum atomic E-state index is 12.3. The molecule has 1 unspecified atom stereocenters. The molecule has 0 aromatic rings. The molecule has 0 aliphatic carbocycles. The summed E-state index contributed by atoms with van der Waals surface area (Å²) in [4.78, 5) is 26.4. The minimum absolute atomic E-state index is 0.0283. The average Bonchev–Trinajstić information content (AvgIpc) is 2.49. The van der Waals surface area contributed by atoms with Crippen molar-refractivity contribution in [2.45, 2.75) is 52.5 Å². The first-order chi connectivity index (χ1) is 11.0. The number of ether oxygens (including phenoxy) is 2. The summed E-state index contributed by atoms with van der Waals surface area (Å²) in [6.45, 7) is 7.16. The van der Waals surface area contributed by atoms with Crippen LogP contribution >= 0.6 is 0 Å². The third kappa shape index (κ3) is 4.60. The van der Waals surface area contributed by atoms with E-state index in [9.17, 15) is 9.59 Å². The number of allylic oxidation sites excluding steroid dienone is 2. The van der Waals surface area contributed by atoms with Gasteiger partial charge in [-0.1, -0.05) is 32.9 Å². The maximum absolute atomic E-state index is 12.3. The normalized spacial score (nSPS) is 20.5. The van der Waals surface area contributed by atoms with E-state index in [-0.39, 0.29) is 18.5 Å². The number of nitrogens with zero attached hydrogens (tertiary/aromatic N) is 1. The van der Waals surface area contributed by atoms with Gasteiger partial charge < -0.3 is 14.4 Å². The third-order valence-corrected chi connectivity index (χ3v) is 4.12. The van der Waals surface area contributed by atoms with Gasteiger partial charge in [-0.2, -0.15) is 0 Å². The maximum Gasteiger partial charge on any atom is 0.354 e. The standard InChI is InChI=1S/C18H27NO4/c1-4-6-14(17(20)22-11-13(2)3)12-23-18(21)16-8-5-7-15-9-10-19(15)16/h6,8,13,15H,4-5,7,9-12H2,1-3H3/b14-6+. The van der Waals surface area contributed by atoms with Crippen molar-refractivity contribution in [2.75, 3.05) is 19.8 Å². The average molecular weight is 321 g/mol. The predicted molar refractivity (Wildman–Crippen MR) is 87.6 cm³/mol. The fraction of sp³-hybridized carbons (Fsp3) is 0.667. The van der Waals surface area contributed by atoms with Crippen LogP contribution in [0.4, 0.5) is 0 Å². The van der Waals surface area contributed by atoms with E-state index in [0.717, 1.165) is 25.8 Å². The smallest absolute Gasteiger partial charge is 0.354 e. The molecule has 0 spiro atoms. The Morgan fingerprint density at radius 3 is 2.74 bits per heavy atom. The fourth-order valence-corrected chi connectivity index (χ4v) is 2.79. The Bertz CT molecular complexity index is 507. The van der Waals surface area contributed by atoms with E-state index in [0.29, 0.717) is 30.3 Å². The van der Waals surface area contributed by atoms with Gasteiger partial charge in [0.2, 0.25) is 0 Å². The van der Waals surface area contributed by atoms with Crippen LogP contribution in [0.25, 0.3) is 0 Å². The second kappa shape index (κ2) is 8.18. The van der Waals surface area contributed by atoms with Gasteiger partial charge >= 0.3 is 11.9 Å². The molecule has 2 aliphatic rings. The molecule has 1 saturated heterocycles. The molecule has 0 aromatic carbocycles. The molecule has 5 nitrogen and oxygen atoms in total. The van der Waals surface area contributed by atoms with Crippen LogP contribution in [0.3, 0.4) is 0 Å². The van der Waals surface area contributed by atoms with E-state index in [1.54, 1.807) is 6.08 Å². The van der Waals surface area contributed by atoms with Gasteiger partial charge in [-0.3, -0.25) is 0 Å². The molecule has 128 valence electrons. The Hall–Kier alpha value is -1.78. The number of carbonyl (C=O) groups is 2. The second-order valence-electron chi connectivity index (χ2n) is 6.51. The van der Waals surface area contributed by atoms with Crippen LogP contribution in [-0.4, -0.2) is 42.6 Å². The van der Waals surface area contributed by atoms with Crippen molar-refractivity contribution in [3.63, 3.8) is 0 Å². The molecule has 0 radical (unpaired) electrons. The highest BCUT2D eigenvalue weighted by molar-refractivity contribution is 5.91. The third-order valence-electron chi connectivity index (χ3n) is 4.12. The van der Waals surface area contributed by atoms with Crippen molar-refractivity contribution in [3.05, 3.63) is 23.4 Å². The lowest BCUT2D eigenvalue weighted by Gasteiger charge is -2.45. The number of hydrogen-bond acceptors (Lipinski definition) is 5. The van der Waals surface area contributed by atoms with E-state index in [1.807, 2.05) is 26.8 Å². The number of carbonyl (C=O) groups excluding carboxylic acids is 2. The van der Waals surface area contributed by atoms with E-state index in [4.69, 9.17) is 9.47 Å². The van der Waals surface area contributed by atoms with E-state index in [2.05, 4.69) is 4.90 Å². The summed E-state index contributed by atoms with van der Waals surface area (Å²) >= 11 is 0. The molecular formula is C18H27NO4. The van der Waals surface area contributed by atoms with Gasteiger partial charge in [0.15, 0.2) is 0 Å². The zero-order chi connectivity index (χ0) is 16.8. The Labute approximate surface area is 138 Å². The molecule has 2 aliphatic heterocycles. The minimum atomic E-state index is -0.396. The second-order valence-corrected chi connectivity index (χ2v) is 6.51. The van der Waals surface area contributed by atoms with Crippen LogP contribution in [0.2, 0.25) is 0 Å². The largest absolute Gasteiger partial charge is 0.462 e. The summed E-state index contributed by atoms with van der Waals surface area (Å²) in [5.74, 6) is -0.457. The Kier molecular flexibility index (Phi) is 6.25. The highest BCUT2D eigenvalue weighted by Crippen LogP contribution is 2.31. The van der Waals surface area contributed by atoms with E-state index < -0.39 is 5.97 Å². The lowest BCUT2D eigenvalue weighted by Crippen LogP contribution is -2.50. The van der Waals surface area contributed by atoms with E-state index >= 15 is 0 Å². The fourth-order valence-electron chi connectivity index (χ4n) is 2.79. The molecule has 1 fully saturated rings. The molecule has 23 heavy (non-hydrogen) atoms. The van der Waals surface area contributed by atoms with Crippen molar-refractivity contribution in [2.24, 2.45) is 5.92 Å². The van der Waals surface area contributed by atoms with Gasteiger partial charge in [0, 0.05) is 12.6 Å². The minimum Gasteiger partial charge on any atom is -0.462 e. The summed E-state index contributed by atoms with van der Waals surface area (Å²) in [6.07, 6.45) is 7.57. The van der Waals surface area contributed by atoms with Crippen molar-refractivity contribution in [1.29, 1.82) is 0 Å². The first-order valence-electron chi connectivity index (χ1n) is 8.53. The molecule has 0 bridgehead atoms. The highest BCUT2D eigenvalue weighted by Gasteiger charge is 2.35. The first kappa shape index (κ1) is 17.6. The zero-order valence-electron chi connectivity index (χ0n) is 14.3. The van der Waals surface area contributed by atoms with Gasteiger partial charge in [-0.25, -0.2) is 9.59 Å². The number of hydrogen-bond donors (Lipinski definition) is 0. The topological polar surface area (TPSA) is 55.8 Å². The monoisotopic (exact) mass is 321 g/mol. The van der Waals surface area contributed by atoms with Crippen LogP contribution < -0.4 is 0 Å². The molecular weight excluding hydrogens is 294 g/mol. The summed E-state index contributed by atoms with van der Waals surface area (Å²) in [7, 11) is 0. The van der Waals surface area contributed by atoms with Gasteiger partial charge in [0.1, 0.15) is 12.3 Å². The number of rotatable bonds is 7. The molecule has 0 amide bonds. The molecule has 5 heteroatoms. The molecule has 0 saturated carbocycles. The van der Waals surface area contributed by atoms with Crippen LogP contribution in [0, 0.1) is 5.92 Å². The SMILES string of the molecule is CC/C=C(\COC(=O)C1=CCCC2CCN12)C(=O)OCC(C)C.